The third kappa shape index (κ3) is 2.88. The van der Waals surface area contributed by atoms with Crippen molar-refractivity contribution in [2.45, 2.75) is 6.54 Å². The largest absolute Gasteiger partial charge is 0.387 e. The predicted molar refractivity (Wildman–Crippen MR) is 90.7 cm³/mol. The maximum Gasteiger partial charge on any atom is 0.251 e. The van der Waals surface area contributed by atoms with E-state index >= 15 is 0 Å². The molecule has 126 valence electrons. The molecule has 7 heteroatoms. The minimum atomic E-state index is -0.0240. The average molecular weight is 327 g/mol. The molecule has 1 amide bonds. The van der Waals surface area contributed by atoms with Gasteiger partial charge in [-0.2, -0.15) is 5.10 Å². The van der Waals surface area contributed by atoms with E-state index in [-0.39, 0.29) is 5.91 Å². The molecule has 0 spiro atoms. The Hall–Kier alpha value is -2.38. The summed E-state index contributed by atoms with van der Waals surface area (Å²) in [6, 6.07) is 1.94. The number of H-pyrrole nitrogens is 1. The third-order valence-corrected chi connectivity index (χ3v) is 4.58. The van der Waals surface area contributed by atoms with Gasteiger partial charge < -0.3 is 15.4 Å². The summed E-state index contributed by atoms with van der Waals surface area (Å²) in [6.45, 7) is 5.54. The molecule has 0 aromatic heterocycles. The Morgan fingerprint density at radius 3 is 3.12 bits per heavy atom. The second-order valence-corrected chi connectivity index (χ2v) is 6.06. The van der Waals surface area contributed by atoms with Crippen LogP contribution in [0, 0.1) is 0 Å². The lowest BCUT2D eigenvalue weighted by atomic mass is 10.1. The Morgan fingerprint density at radius 1 is 1.38 bits per heavy atom. The van der Waals surface area contributed by atoms with Crippen LogP contribution in [0.25, 0.3) is 17.2 Å². The summed E-state index contributed by atoms with van der Waals surface area (Å²) in [5.74, 6) is -0.0240. The third-order valence-electron chi connectivity index (χ3n) is 4.58. The highest BCUT2D eigenvalue weighted by Crippen LogP contribution is 2.35. The van der Waals surface area contributed by atoms with Crippen LogP contribution in [0.1, 0.15) is 21.6 Å². The first-order valence-corrected chi connectivity index (χ1v) is 8.30. The number of hydrogen-bond donors (Lipinski definition) is 3. The molecular formula is C17H21N5O2. The molecule has 1 saturated heterocycles. The minimum absolute atomic E-state index is 0.0240. The summed E-state index contributed by atoms with van der Waals surface area (Å²) >= 11 is 0. The lowest BCUT2D eigenvalue weighted by molar-refractivity contribution is 0.0383. The first kappa shape index (κ1) is 15.2. The number of nitrogens with zero attached hydrogens (tertiary/aromatic N) is 2. The molecule has 0 atom stereocenters. The van der Waals surface area contributed by atoms with Gasteiger partial charge in [-0.1, -0.05) is 0 Å². The van der Waals surface area contributed by atoms with Crippen LogP contribution in [0.5, 0.6) is 0 Å². The standard InChI is InChI=1S/C17H21N5O2/c23-17(19-3-4-22-5-7-24-8-6-22)13-9-12-10-20-21-15-1-2-18-11-14(13)16(12)15/h1-2,9-10,18,20H,3-8,11H2,(H,19,23). The molecule has 1 aliphatic carbocycles. The molecule has 1 fully saturated rings. The number of ether oxygens (including phenoxy) is 1. The fourth-order valence-electron chi connectivity index (χ4n) is 3.32. The molecule has 3 aliphatic heterocycles. The van der Waals surface area contributed by atoms with Gasteiger partial charge in [0.05, 0.1) is 18.9 Å². The van der Waals surface area contributed by atoms with Crippen molar-refractivity contribution in [2.75, 3.05) is 39.4 Å². The first-order chi connectivity index (χ1) is 11.8. The molecular weight excluding hydrogens is 306 g/mol. The summed E-state index contributed by atoms with van der Waals surface area (Å²) in [5.41, 5.74) is 4.66. The van der Waals surface area contributed by atoms with E-state index in [1.807, 2.05) is 24.5 Å². The Balaban J connectivity index is 1.48. The second-order valence-electron chi connectivity index (χ2n) is 6.06. The van der Waals surface area contributed by atoms with E-state index < -0.39 is 0 Å². The monoisotopic (exact) mass is 327 g/mol. The first-order valence-electron chi connectivity index (χ1n) is 8.30. The van der Waals surface area contributed by atoms with E-state index in [9.17, 15) is 4.79 Å². The molecule has 3 N–H and O–H groups in total. The van der Waals surface area contributed by atoms with Gasteiger partial charge in [-0.05, 0) is 23.9 Å². The zero-order valence-electron chi connectivity index (χ0n) is 13.5. The van der Waals surface area contributed by atoms with Crippen LogP contribution in [0.15, 0.2) is 18.5 Å². The summed E-state index contributed by atoms with van der Waals surface area (Å²) in [6.07, 6.45) is 5.64. The van der Waals surface area contributed by atoms with Gasteiger partial charge in [-0.25, -0.2) is 0 Å². The lowest BCUT2D eigenvalue weighted by Crippen LogP contribution is -2.41. The number of carbonyl (C=O) groups is 1. The molecule has 3 heterocycles. The van der Waals surface area contributed by atoms with Crippen LogP contribution in [-0.4, -0.2) is 60.4 Å². The Labute approximate surface area is 140 Å². The normalized spacial score (nSPS) is 17.5. The van der Waals surface area contributed by atoms with Crippen LogP contribution in [0.4, 0.5) is 0 Å². The Kier molecular flexibility index (Phi) is 4.18. The van der Waals surface area contributed by atoms with E-state index in [0.29, 0.717) is 13.1 Å². The van der Waals surface area contributed by atoms with Crippen molar-refractivity contribution in [3.05, 3.63) is 35.3 Å². The molecule has 0 aromatic carbocycles. The van der Waals surface area contributed by atoms with Gasteiger partial charge in [0.25, 0.3) is 5.91 Å². The topological polar surface area (TPSA) is 82.3 Å². The van der Waals surface area contributed by atoms with Gasteiger partial charge in [-0.15, -0.1) is 0 Å². The quantitative estimate of drug-likeness (QED) is 0.768. The van der Waals surface area contributed by atoms with Crippen molar-refractivity contribution < 1.29 is 9.53 Å². The number of amides is 1. The van der Waals surface area contributed by atoms with E-state index in [1.54, 1.807) is 0 Å². The van der Waals surface area contributed by atoms with E-state index in [4.69, 9.17) is 4.74 Å². The summed E-state index contributed by atoms with van der Waals surface area (Å²) in [7, 11) is 0. The highest BCUT2D eigenvalue weighted by atomic mass is 16.5. The molecule has 0 bridgehead atoms. The minimum Gasteiger partial charge on any atom is -0.387 e. The number of hydrogen-bond acceptors (Lipinski definition) is 5. The number of carbonyl (C=O) groups excluding carboxylic acids is 1. The van der Waals surface area contributed by atoms with E-state index in [0.717, 1.165) is 60.8 Å². The molecule has 0 radical (unpaired) electrons. The highest BCUT2D eigenvalue weighted by molar-refractivity contribution is 6.01. The maximum absolute atomic E-state index is 12.7. The molecule has 7 nitrogen and oxygen atoms in total. The highest BCUT2D eigenvalue weighted by Gasteiger charge is 2.24. The SMILES string of the molecule is O=C(NCCN1CCOCC1)c1cc2c[nH]nc3c-2c1CNC=C3. The van der Waals surface area contributed by atoms with Crippen molar-refractivity contribution in [2.24, 2.45) is 0 Å². The van der Waals surface area contributed by atoms with Crippen molar-refractivity contribution in [1.82, 2.24) is 25.7 Å². The van der Waals surface area contributed by atoms with Gasteiger partial charge >= 0.3 is 0 Å². The van der Waals surface area contributed by atoms with Crippen LogP contribution in [0.2, 0.25) is 0 Å². The van der Waals surface area contributed by atoms with Crippen molar-refractivity contribution in [3.8, 4) is 11.1 Å². The van der Waals surface area contributed by atoms with Gasteiger partial charge in [0.1, 0.15) is 0 Å². The summed E-state index contributed by atoms with van der Waals surface area (Å²) in [4.78, 5) is 15.0. The molecule has 0 unspecified atom stereocenters. The van der Waals surface area contributed by atoms with Gasteiger partial charge in [0.15, 0.2) is 0 Å². The van der Waals surface area contributed by atoms with E-state index in [2.05, 4.69) is 25.7 Å². The summed E-state index contributed by atoms with van der Waals surface area (Å²) < 4.78 is 5.34. The van der Waals surface area contributed by atoms with Gasteiger partial charge in [0.2, 0.25) is 0 Å². The second kappa shape index (κ2) is 6.62. The van der Waals surface area contributed by atoms with Crippen LogP contribution < -0.4 is 10.6 Å². The van der Waals surface area contributed by atoms with Crippen LogP contribution in [-0.2, 0) is 11.3 Å². The van der Waals surface area contributed by atoms with Gasteiger partial charge in [-0.3, -0.25) is 14.8 Å². The predicted octanol–water partition coefficient (Wildman–Crippen LogP) is 0.650. The average Bonchev–Trinajstić information content (AvgIpc) is 2.85. The molecule has 24 heavy (non-hydrogen) atoms. The number of morpholine rings is 1. The number of rotatable bonds is 4. The molecule has 0 aromatic rings. The fourth-order valence-corrected chi connectivity index (χ4v) is 3.32. The van der Waals surface area contributed by atoms with E-state index in [1.165, 1.54) is 0 Å². The zero-order valence-corrected chi connectivity index (χ0v) is 13.5. The molecule has 0 saturated carbocycles. The molecule has 4 rings (SSSR count). The smallest absolute Gasteiger partial charge is 0.251 e. The number of aromatic nitrogens is 2. The van der Waals surface area contributed by atoms with Crippen LogP contribution in [0.3, 0.4) is 0 Å². The molecule has 4 aliphatic rings. The van der Waals surface area contributed by atoms with Gasteiger partial charge in [0, 0.05) is 55.6 Å². The number of aromatic amines is 1. The fraction of sp³-hybridized carbons (Fsp3) is 0.412. The lowest BCUT2D eigenvalue weighted by Gasteiger charge is -2.26. The Morgan fingerprint density at radius 2 is 2.25 bits per heavy atom. The zero-order chi connectivity index (χ0) is 16.4. The van der Waals surface area contributed by atoms with Crippen molar-refractivity contribution in [1.29, 1.82) is 0 Å². The Bertz CT molecular complexity index is 733. The maximum atomic E-state index is 12.7. The van der Waals surface area contributed by atoms with Crippen LogP contribution >= 0.6 is 0 Å². The van der Waals surface area contributed by atoms with Crippen molar-refractivity contribution >= 4 is 12.0 Å². The summed E-state index contributed by atoms with van der Waals surface area (Å²) in [5, 5.41) is 13.4. The number of nitrogens with one attached hydrogen (secondary N) is 3. The van der Waals surface area contributed by atoms with Crippen molar-refractivity contribution in [3.63, 3.8) is 0 Å².